The monoisotopic (exact) mass is 355 g/mol. The van der Waals surface area contributed by atoms with Crippen molar-refractivity contribution in [2.75, 3.05) is 32.0 Å². The van der Waals surface area contributed by atoms with Crippen molar-refractivity contribution in [1.29, 1.82) is 0 Å². The Morgan fingerprint density at radius 2 is 2.19 bits per heavy atom. The highest BCUT2D eigenvalue weighted by Gasteiger charge is 2.31. The Morgan fingerprint density at radius 3 is 2.81 bits per heavy atom. The lowest BCUT2D eigenvalue weighted by Gasteiger charge is -2.21. The van der Waals surface area contributed by atoms with Crippen molar-refractivity contribution in [3.8, 4) is 12.3 Å². The van der Waals surface area contributed by atoms with Gasteiger partial charge in [-0.15, -0.1) is 6.42 Å². The van der Waals surface area contributed by atoms with Crippen molar-refractivity contribution in [3.05, 3.63) is 29.8 Å². The van der Waals surface area contributed by atoms with Crippen LogP contribution in [0.15, 0.2) is 29.3 Å². The Labute approximate surface area is 156 Å². The second-order valence-corrected chi connectivity index (χ2v) is 6.97. The molecule has 0 bridgehead atoms. The number of nitrogens with one attached hydrogen (secondary N) is 3. The fraction of sp³-hybridized carbons (Fsp3) is 0.500. The Bertz CT molecular complexity index is 692. The molecule has 1 aromatic rings. The summed E-state index contributed by atoms with van der Waals surface area (Å²) in [6.45, 7) is 8.83. The number of carbonyl (C=O) groups is 1. The highest BCUT2D eigenvalue weighted by molar-refractivity contribution is 5.95. The summed E-state index contributed by atoms with van der Waals surface area (Å²) in [4.78, 5) is 18.8. The van der Waals surface area contributed by atoms with Crippen LogP contribution in [0.3, 0.4) is 0 Å². The maximum atomic E-state index is 12.2. The van der Waals surface area contributed by atoms with Gasteiger partial charge in [0.1, 0.15) is 0 Å². The van der Waals surface area contributed by atoms with Gasteiger partial charge in [-0.05, 0) is 38.0 Å². The number of hydrogen-bond acceptors (Lipinski definition) is 3. The SMILES string of the molecule is C#Cc1cccc(NC(=O)CNC(=NC)NC2CN(C(C)C)CC2C)c1. The van der Waals surface area contributed by atoms with E-state index >= 15 is 0 Å². The highest BCUT2D eigenvalue weighted by Crippen LogP contribution is 2.18. The number of aliphatic imine (C=N–C) groups is 1. The summed E-state index contributed by atoms with van der Waals surface area (Å²) >= 11 is 0. The molecule has 0 spiro atoms. The van der Waals surface area contributed by atoms with Crippen molar-refractivity contribution in [2.45, 2.75) is 32.9 Å². The van der Waals surface area contributed by atoms with E-state index in [0.29, 0.717) is 29.6 Å². The summed E-state index contributed by atoms with van der Waals surface area (Å²) in [5.74, 6) is 3.57. The number of guanidine groups is 1. The van der Waals surface area contributed by atoms with E-state index in [1.165, 1.54) is 0 Å². The number of terminal acetylenes is 1. The number of benzene rings is 1. The molecule has 2 unspecified atom stereocenters. The number of anilines is 1. The fourth-order valence-electron chi connectivity index (χ4n) is 3.04. The zero-order valence-corrected chi connectivity index (χ0v) is 16.0. The molecular weight excluding hydrogens is 326 g/mol. The number of carbonyl (C=O) groups excluding carboxylic acids is 1. The molecule has 140 valence electrons. The van der Waals surface area contributed by atoms with Crippen LogP contribution in [0.1, 0.15) is 26.3 Å². The molecule has 6 nitrogen and oxygen atoms in total. The standard InChI is InChI=1S/C20H29N5O/c1-6-16-8-7-9-17(10-16)23-19(26)11-22-20(21-5)24-18-13-25(14(2)3)12-15(18)4/h1,7-10,14-15,18H,11-13H2,2-5H3,(H,23,26)(H2,21,22,24). The third kappa shape index (κ3) is 5.50. The van der Waals surface area contributed by atoms with E-state index < -0.39 is 0 Å². The number of nitrogens with zero attached hydrogens (tertiary/aromatic N) is 2. The molecule has 26 heavy (non-hydrogen) atoms. The van der Waals surface area contributed by atoms with Gasteiger partial charge < -0.3 is 16.0 Å². The Balaban J connectivity index is 1.83. The minimum atomic E-state index is -0.148. The molecule has 3 N–H and O–H groups in total. The van der Waals surface area contributed by atoms with Gasteiger partial charge in [0.15, 0.2) is 5.96 Å². The molecule has 0 radical (unpaired) electrons. The van der Waals surface area contributed by atoms with Gasteiger partial charge in [-0.3, -0.25) is 14.7 Å². The molecule has 2 atom stereocenters. The van der Waals surface area contributed by atoms with Crippen molar-refractivity contribution in [3.63, 3.8) is 0 Å². The number of rotatable bonds is 5. The van der Waals surface area contributed by atoms with Crippen LogP contribution in [0.25, 0.3) is 0 Å². The van der Waals surface area contributed by atoms with E-state index in [1.807, 2.05) is 18.2 Å². The zero-order chi connectivity index (χ0) is 19.1. The number of hydrogen-bond donors (Lipinski definition) is 3. The number of likely N-dealkylation sites (tertiary alicyclic amines) is 1. The first-order valence-electron chi connectivity index (χ1n) is 9.00. The Hall–Kier alpha value is -2.52. The van der Waals surface area contributed by atoms with E-state index in [0.717, 1.165) is 18.7 Å². The summed E-state index contributed by atoms with van der Waals surface area (Å²) in [6, 6.07) is 8.07. The molecular formula is C20H29N5O. The predicted molar refractivity (Wildman–Crippen MR) is 107 cm³/mol. The zero-order valence-electron chi connectivity index (χ0n) is 16.0. The van der Waals surface area contributed by atoms with Gasteiger partial charge in [0.2, 0.25) is 5.91 Å². The van der Waals surface area contributed by atoms with Gasteiger partial charge in [0.05, 0.1) is 6.54 Å². The van der Waals surface area contributed by atoms with Crippen molar-refractivity contribution >= 4 is 17.6 Å². The molecule has 1 amide bonds. The second-order valence-electron chi connectivity index (χ2n) is 6.97. The van der Waals surface area contributed by atoms with E-state index in [-0.39, 0.29) is 12.5 Å². The van der Waals surface area contributed by atoms with Crippen molar-refractivity contribution in [2.24, 2.45) is 10.9 Å². The van der Waals surface area contributed by atoms with Crippen LogP contribution in [0.5, 0.6) is 0 Å². The lowest BCUT2D eigenvalue weighted by Crippen LogP contribution is -2.48. The van der Waals surface area contributed by atoms with Crippen LogP contribution in [0.2, 0.25) is 0 Å². The highest BCUT2D eigenvalue weighted by atomic mass is 16.1. The summed E-state index contributed by atoms with van der Waals surface area (Å²) < 4.78 is 0. The summed E-state index contributed by atoms with van der Waals surface area (Å²) in [6.07, 6.45) is 5.38. The van der Waals surface area contributed by atoms with Crippen LogP contribution in [-0.4, -0.2) is 55.5 Å². The predicted octanol–water partition coefficient (Wildman–Crippen LogP) is 1.50. The van der Waals surface area contributed by atoms with E-state index in [2.05, 4.69) is 52.5 Å². The molecule has 1 aliphatic rings. The Morgan fingerprint density at radius 1 is 1.42 bits per heavy atom. The lowest BCUT2D eigenvalue weighted by atomic mass is 10.1. The first kappa shape index (κ1) is 19.8. The average Bonchev–Trinajstić information content (AvgIpc) is 2.99. The second kappa shape index (κ2) is 9.25. The van der Waals surface area contributed by atoms with Crippen molar-refractivity contribution < 1.29 is 4.79 Å². The summed E-state index contributed by atoms with van der Waals surface area (Å²) in [5, 5.41) is 9.34. The van der Waals surface area contributed by atoms with Gasteiger partial charge in [-0.2, -0.15) is 0 Å². The summed E-state index contributed by atoms with van der Waals surface area (Å²) in [7, 11) is 1.71. The van der Waals surface area contributed by atoms with Gasteiger partial charge in [0.25, 0.3) is 0 Å². The van der Waals surface area contributed by atoms with E-state index in [9.17, 15) is 4.79 Å². The summed E-state index contributed by atoms with van der Waals surface area (Å²) in [5.41, 5.74) is 1.42. The molecule has 6 heteroatoms. The molecule has 1 fully saturated rings. The fourth-order valence-corrected chi connectivity index (χ4v) is 3.04. The van der Waals surface area contributed by atoms with Gasteiger partial charge >= 0.3 is 0 Å². The smallest absolute Gasteiger partial charge is 0.243 e. The third-order valence-corrected chi connectivity index (χ3v) is 4.65. The van der Waals surface area contributed by atoms with Gasteiger partial charge in [-0.25, -0.2) is 0 Å². The van der Waals surface area contributed by atoms with E-state index in [1.54, 1.807) is 13.1 Å². The topological polar surface area (TPSA) is 68.8 Å². The first-order chi connectivity index (χ1) is 12.4. The normalized spacial score (nSPS) is 20.7. The van der Waals surface area contributed by atoms with Gasteiger partial charge in [0, 0.05) is 43.5 Å². The van der Waals surface area contributed by atoms with Crippen LogP contribution >= 0.6 is 0 Å². The quantitative estimate of drug-likeness (QED) is 0.425. The van der Waals surface area contributed by atoms with Crippen LogP contribution in [0.4, 0.5) is 5.69 Å². The minimum absolute atomic E-state index is 0.134. The lowest BCUT2D eigenvalue weighted by molar-refractivity contribution is -0.115. The Kier molecular flexibility index (Phi) is 7.05. The van der Waals surface area contributed by atoms with E-state index in [4.69, 9.17) is 6.42 Å². The van der Waals surface area contributed by atoms with Crippen LogP contribution in [0, 0.1) is 18.3 Å². The molecule has 1 aliphatic heterocycles. The maximum Gasteiger partial charge on any atom is 0.243 e. The molecule has 2 rings (SSSR count). The molecule has 1 aromatic carbocycles. The van der Waals surface area contributed by atoms with Crippen molar-refractivity contribution in [1.82, 2.24) is 15.5 Å². The molecule has 0 saturated carbocycles. The van der Waals surface area contributed by atoms with Crippen LogP contribution < -0.4 is 16.0 Å². The molecule has 0 aromatic heterocycles. The third-order valence-electron chi connectivity index (χ3n) is 4.65. The average molecular weight is 355 g/mol. The molecule has 0 aliphatic carbocycles. The molecule has 1 heterocycles. The van der Waals surface area contributed by atoms with Gasteiger partial charge in [-0.1, -0.05) is 18.9 Å². The largest absolute Gasteiger partial charge is 0.352 e. The first-order valence-corrected chi connectivity index (χ1v) is 9.00. The maximum absolute atomic E-state index is 12.2. The van der Waals surface area contributed by atoms with Crippen LogP contribution in [-0.2, 0) is 4.79 Å². The minimum Gasteiger partial charge on any atom is -0.352 e. The molecule has 1 saturated heterocycles. The number of amides is 1.